The van der Waals surface area contributed by atoms with Gasteiger partial charge in [-0.15, -0.1) is 0 Å². The van der Waals surface area contributed by atoms with Gasteiger partial charge in [-0.05, 0) is 30.6 Å². The molecule has 2 fully saturated rings. The number of carbonyl (C=O) groups is 1. The van der Waals surface area contributed by atoms with Crippen molar-refractivity contribution in [3.05, 3.63) is 11.3 Å². The molecule has 0 amide bonds. The van der Waals surface area contributed by atoms with Crippen molar-refractivity contribution >= 4 is 5.78 Å². The van der Waals surface area contributed by atoms with E-state index in [0.717, 1.165) is 37.3 Å². The Morgan fingerprint density at radius 3 is 2.82 bits per heavy atom. The summed E-state index contributed by atoms with van der Waals surface area (Å²) in [7, 11) is 1.71. The van der Waals surface area contributed by atoms with Crippen molar-refractivity contribution in [2.24, 2.45) is 17.3 Å². The quantitative estimate of drug-likeness (QED) is 0.588. The zero-order valence-corrected chi connectivity index (χ0v) is 11.3. The first-order valence-corrected chi connectivity index (χ1v) is 6.47. The number of methoxy groups -OCH3 is 1. The minimum Gasteiger partial charge on any atom is -0.388 e. The third-order valence-corrected chi connectivity index (χ3v) is 4.39. The summed E-state index contributed by atoms with van der Waals surface area (Å²) in [6.07, 6.45) is 1.73. The Morgan fingerprint density at radius 1 is 1.53 bits per heavy atom. The minimum absolute atomic E-state index is 0.346. The fourth-order valence-corrected chi connectivity index (χ4v) is 3.21. The summed E-state index contributed by atoms with van der Waals surface area (Å²) in [6.45, 7) is 8.23. The molecule has 96 valence electrons. The minimum atomic E-state index is 0.346. The van der Waals surface area contributed by atoms with Crippen LogP contribution in [0.2, 0.25) is 0 Å². The molecule has 2 aliphatic carbocycles. The Morgan fingerprint density at radius 2 is 2.24 bits per heavy atom. The van der Waals surface area contributed by atoms with Crippen LogP contribution >= 0.6 is 0 Å². The van der Waals surface area contributed by atoms with Crippen LogP contribution in [0.3, 0.4) is 0 Å². The smallest absolute Gasteiger partial charge is 0.161 e. The maximum absolute atomic E-state index is 11.9. The van der Waals surface area contributed by atoms with Gasteiger partial charge in [-0.3, -0.25) is 4.79 Å². The average molecular weight is 237 g/mol. The van der Waals surface area contributed by atoms with E-state index in [1.807, 2.05) is 6.92 Å². The van der Waals surface area contributed by atoms with E-state index >= 15 is 0 Å². The predicted molar refractivity (Wildman–Crippen MR) is 67.6 cm³/mol. The van der Waals surface area contributed by atoms with E-state index in [0.29, 0.717) is 23.0 Å². The second-order valence-corrected chi connectivity index (χ2v) is 5.84. The molecule has 2 aliphatic rings. The highest BCUT2D eigenvalue weighted by Crippen LogP contribution is 2.68. The number of fused-ring (bicyclic) bond motifs is 1. The van der Waals surface area contributed by atoms with Crippen molar-refractivity contribution in [3.8, 4) is 0 Å². The number of hydrogen-bond acceptors (Lipinski definition) is 3. The van der Waals surface area contributed by atoms with Crippen LogP contribution in [0.15, 0.2) is 11.3 Å². The molecule has 3 nitrogen and oxygen atoms in total. The van der Waals surface area contributed by atoms with Crippen LogP contribution < -0.4 is 5.32 Å². The summed E-state index contributed by atoms with van der Waals surface area (Å²) in [6, 6.07) is 0. The van der Waals surface area contributed by atoms with Gasteiger partial charge in [-0.25, -0.2) is 0 Å². The van der Waals surface area contributed by atoms with Crippen LogP contribution in [0.25, 0.3) is 0 Å². The molecule has 17 heavy (non-hydrogen) atoms. The van der Waals surface area contributed by atoms with Crippen LogP contribution in [0, 0.1) is 17.3 Å². The molecule has 1 N–H and O–H groups in total. The van der Waals surface area contributed by atoms with Crippen LogP contribution in [0.5, 0.6) is 0 Å². The Hall–Kier alpha value is -0.830. The number of ketones is 1. The molecule has 0 radical (unpaired) electrons. The van der Waals surface area contributed by atoms with Gasteiger partial charge in [0.1, 0.15) is 0 Å². The van der Waals surface area contributed by atoms with E-state index in [9.17, 15) is 4.79 Å². The third-order valence-electron chi connectivity index (χ3n) is 4.39. The molecule has 0 aromatic heterocycles. The van der Waals surface area contributed by atoms with Crippen molar-refractivity contribution in [1.82, 2.24) is 5.32 Å². The summed E-state index contributed by atoms with van der Waals surface area (Å²) >= 11 is 0. The number of rotatable bonds is 5. The van der Waals surface area contributed by atoms with Crippen molar-refractivity contribution in [2.45, 2.75) is 33.6 Å². The molecule has 0 heterocycles. The number of ether oxygens (including phenoxy) is 1. The Kier molecular flexibility index (Phi) is 3.30. The lowest BCUT2D eigenvalue weighted by atomic mass is 9.95. The molecule has 2 rings (SSSR count). The molecule has 0 aromatic rings. The van der Waals surface area contributed by atoms with Gasteiger partial charge in [-0.1, -0.05) is 13.8 Å². The second kappa shape index (κ2) is 4.45. The average Bonchev–Trinajstić information content (AvgIpc) is 2.64. The molecule has 0 saturated heterocycles. The fourth-order valence-electron chi connectivity index (χ4n) is 3.21. The number of carbonyl (C=O) groups excluding carboxylic acids is 1. The first-order valence-electron chi connectivity index (χ1n) is 6.47. The summed E-state index contributed by atoms with van der Waals surface area (Å²) in [5, 5.41) is 3.36. The Labute approximate surface area is 104 Å². The van der Waals surface area contributed by atoms with Gasteiger partial charge in [0.25, 0.3) is 0 Å². The summed E-state index contributed by atoms with van der Waals surface area (Å²) in [5.41, 5.74) is 2.50. The normalized spacial score (nSPS) is 32.4. The van der Waals surface area contributed by atoms with Crippen LogP contribution in [-0.4, -0.2) is 26.0 Å². The maximum Gasteiger partial charge on any atom is 0.161 e. The second-order valence-electron chi connectivity index (χ2n) is 5.84. The van der Waals surface area contributed by atoms with E-state index in [1.165, 1.54) is 0 Å². The summed E-state index contributed by atoms with van der Waals surface area (Å²) in [5.74, 6) is 1.46. The van der Waals surface area contributed by atoms with Crippen molar-refractivity contribution in [3.63, 3.8) is 0 Å². The number of hydrogen-bond donors (Lipinski definition) is 1. The molecule has 3 heteroatoms. The summed E-state index contributed by atoms with van der Waals surface area (Å²) in [4.78, 5) is 11.9. The first-order chi connectivity index (χ1) is 8.00. The van der Waals surface area contributed by atoms with E-state index < -0.39 is 0 Å². The fraction of sp³-hybridized carbons (Fsp3) is 0.786. The van der Waals surface area contributed by atoms with Crippen LogP contribution in [0.1, 0.15) is 33.6 Å². The van der Waals surface area contributed by atoms with Crippen molar-refractivity contribution < 1.29 is 9.53 Å². The topological polar surface area (TPSA) is 38.3 Å². The molecule has 0 aromatic carbocycles. The molecule has 2 saturated carbocycles. The zero-order chi connectivity index (χ0) is 12.6. The number of nitrogens with one attached hydrogen (secondary N) is 1. The molecule has 2 atom stereocenters. The highest BCUT2D eigenvalue weighted by Gasteiger charge is 2.65. The maximum atomic E-state index is 11.9. The zero-order valence-electron chi connectivity index (χ0n) is 11.3. The highest BCUT2D eigenvalue weighted by molar-refractivity contribution is 6.01. The molecule has 0 spiro atoms. The Bertz CT molecular complexity index is 357. The first kappa shape index (κ1) is 12.6. The highest BCUT2D eigenvalue weighted by atomic mass is 16.5. The van der Waals surface area contributed by atoms with Crippen molar-refractivity contribution in [2.75, 3.05) is 20.3 Å². The van der Waals surface area contributed by atoms with Gasteiger partial charge in [0, 0.05) is 38.0 Å². The van der Waals surface area contributed by atoms with Gasteiger partial charge in [0.2, 0.25) is 0 Å². The number of Topliss-reactive ketones (excluding diaryl/α,β-unsaturated/α-hetero) is 1. The van der Waals surface area contributed by atoms with Crippen LogP contribution in [0.4, 0.5) is 0 Å². The van der Waals surface area contributed by atoms with E-state index in [2.05, 4.69) is 19.2 Å². The number of allylic oxidation sites excluding steroid dienone is 2. The Balaban J connectivity index is 1.97. The van der Waals surface area contributed by atoms with Gasteiger partial charge < -0.3 is 10.1 Å². The van der Waals surface area contributed by atoms with Crippen LogP contribution in [-0.2, 0) is 9.53 Å². The molecule has 0 bridgehead atoms. The predicted octanol–water partition coefficient (Wildman–Crippen LogP) is 2.13. The molecular formula is C14H23NO2. The SMILES string of the molecule is COCCCN/C(C)=C1\C(=O)C[C@@H]2[C@H]1C2(C)C. The lowest BCUT2D eigenvalue weighted by Gasteiger charge is -2.14. The largest absolute Gasteiger partial charge is 0.388 e. The lowest BCUT2D eigenvalue weighted by Crippen LogP contribution is -2.20. The van der Waals surface area contributed by atoms with Gasteiger partial charge in [-0.2, -0.15) is 0 Å². The van der Waals surface area contributed by atoms with Gasteiger partial charge in [0.15, 0.2) is 5.78 Å². The lowest BCUT2D eigenvalue weighted by molar-refractivity contribution is -0.115. The van der Waals surface area contributed by atoms with E-state index in [4.69, 9.17) is 4.74 Å². The standard InChI is InChI=1S/C14H23NO2/c1-9(15-6-5-7-17-4)12-11(16)8-10-13(12)14(10,2)3/h10,13,15H,5-8H2,1-4H3/b12-9+/t10-,13-/m1/s1. The summed E-state index contributed by atoms with van der Waals surface area (Å²) < 4.78 is 5.01. The van der Waals surface area contributed by atoms with E-state index in [1.54, 1.807) is 7.11 Å². The van der Waals surface area contributed by atoms with Crippen molar-refractivity contribution in [1.29, 1.82) is 0 Å². The molecule has 0 unspecified atom stereocenters. The molecular weight excluding hydrogens is 214 g/mol. The van der Waals surface area contributed by atoms with Gasteiger partial charge in [0.05, 0.1) is 0 Å². The van der Waals surface area contributed by atoms with E-state index in [-0.39, 0.29) is 0 Å². The monoisotopic (exact) mass is 237 g/mol. The molecule has 0 aliphatic heterocycles. The van der Waals surface area contributed by atoms with Gasteiger partial charge >= 0.3 is 0 Å². The third kappa shape index (κ3) is 2.13.